The number of rotatable bonds is 5. The molecule has 1 aromatic carbocycles. The second-order valence-corrected chi connectivity index (χ2v) is 5.42. The lowest BCUT2D eigenvalue weighted by molar-refractivity contribution is 0.237. The predicted octanol–water partition coefficient (Wildman–Crippen LogP) is 3.91. The summed E-state index contributed by atoms with van der Waals surface area (Å²) in [5.74, 6) is 0. The highest BCUT2D eigenvalue weighted by Crippen LogP contribution is 2.11. The summed E-state index contributed by atoms with van der Waals surface area (Å²) >= 11 is 2.34. The first kappa shape index (κ1) is 13.0. The van der Waals surface area contributed by atoms with Crippen molar-refractivity contribution in [1.29, 1.82) is 0 Å². The largest absolute Gasteiger partial charge is 0.299 e. The summed E-state index contributed by atoms with van der Waals surface area (Å²) < 4.78 is 1.31. The van der Waals surface area contributed by atoms with Crippen LogP contribution in [0.25, 0.3) is 0 Å². The van der Waals surface area contributed by atoms with Crippen LogP contribution in [0.1, 0.15) is 32.3 Å². The zero-order chi connectivity index (χ0) is 11.3. The van der Waals surface area contributed by atoms with Gasteiger partial charge in [0.15, 0.2) is 0 Å². The van der Waals surface area contributed by atoms with Crippen LogP contribution in [0.2, 0.25) is 0 Å². The Bertz CT molecular complexity index is 281. The molecule has 0 aliphatic carbocycles. The van der Waals surface area contributed by atoms with E-state index in [0.29, 0.717) is 6.04 Å². The number of nitrogens with zero attached hydrogens (tertiary/aromatic N) is 1. The van der Waals surface area contributed by atoms with Crippen LogP contribution in [0, 0.1) is 3.57 Å². The molecular weight excluding hydrogens is 297 g/mol. The van der Waals surface area contributed by atoms with Crippen molar-refractivity contribution in [1.82, 2.24) is 4.90 Å². The van der Waals surface area contributed by atoms with E-state index in [-0.39, 0.29) is 0 Å². The second kappa shape index (κ2) is 6.48. The topological polar surface area (TPSA) is 3.24 Å². The fourth-order valence-corrected chi connectivity index (χ4v) is 2.03. The molecule has 0 N–H and O–H groups in total. The van der Waals surface area contributed by atoms with Crippen LogP contribution < -0.4 is 0 Å². The quantitative estimate of drug-likeness (QED) is 0.744. The van der Waals surface area contributed by atoms with E-state index < -0.39 is 0 Å². The lowest BCUT2D eigenvalue weighted by atomic mass is 10.1. The van der Waals surface area contributed by atoms with Gasteiger partial charge in [0.25, 0.3) is 0 Å². The number of halogens is 1. The summed E-state index contributed by atoms with van der Waals surface area (Å²) in [6.07, 6.45) is 2.54. The van der Waals surface area contributed by atoms with Crippen LogP contribution in [-0.2, 0) is 6.54 Å². The Hall–Kier alpha value is -0.0900. The molecule has 1 nitrogen and oxygen atoms in total. The van der Waals surface area contributed by atoms with E-state index in [4.69, 9.17) is 0 Å². The van der Waals surface area contributed by atoms with Gasteiger partial charge in [0.05, 0.1) is 0 Å². The van der Waals surface area contributed by atoms with E-state index in [1.807, 2.05) is 0 Å². The fraction of sp³-hybridized carbons (Fsp3) is 0.538. The van der Waals surface area contributed by atoms with Crippen molar-refractivity contribution >= 4 is 22.6 Å². The summed E-state index contributed by atoms with van der Waals surface area (Å²) in [5, 5.41) is 0. The van der Waals surface area contributed by atoms with Crippen molar-refractivity contribution in [2.24, 2.45) is 0 Å². The third kappa shape index (κ3) is 4.51. The third-order valence-corrected chi connectivity index (χ3v) is 3.52. The first-order valence-corrected chi connectivity index (χ1v) is 6.66. The lowest BCUT2D eigenvalue weighted by Gasteiger charge is -2.24. The monoisotopic (exact) mass is 317 g/mol. The molecule has 1 unspecified atom stereocenters. The average molecular weight is 317 g/mol. The Balaban J connectivity index is 2.50. The molecule has 0 radical (unpaired) electrons. The molecule has 0 bridgehead atoms. The van der Waals surface area contributed by atoms with Gasteiger partial charge in [0.2, 0.25) is 0 Å². The van der Waals surface area contributed by atoms with Crippen molar-refractivity contribution in [2.75, 3.05) is 7.05 Å². The molecule has 0 saturated heterocycles. The van der Waals surface area contributed by atoms with Crippen LogP contribution in [0.5, 0.6) is 0 Å². The van der Waals surface area contributed by atoms with Crippen molar-refractivity contribution in [2.45, 2.75) is 39.3 Å². The van der Waals surface area contributed by atoms with Crippen molar-refractivity contribution in [3.05, 3.63) is 33.4 Å². The molecule has 0 fully saturated rings. The maximum absolute atomic E-state index is 2.42. The zero-order valence-corrected chi connectivity index (χ0v) is 12.0. The molecule has 0 amide bonds. The molecule has 1 atom stereocenters. The molecule has 2 heteroatoms. The summed E-state index contributed by atoms with van der Waals surface area (Å²) in [6.45, 7) is 5.60. The second-order valence-electron chi connectivity index (χ2n) is 4.18. The van der Waals surface area contributed by atoms with Gasteiger partial charge in [-0.3, -0.25) is 4.90 Å². The summed E-state index contributed by atoms with van der Waals surface area (Å²) in [5.41, 5.74) is 1.40. The first-order chi connectivity index (χ1) is 7.13. The van der Waals surface area contributed by atoms with E-state index in [0.717, 1.165) is 6.54 Å². The van der Waals surface area contributed by atoms with Gasteiger partial charge in [-0.05, 0) is 60.7 Å². The minimum absolute atomic E-state index is 0.675. The van der Waals surface area contributed by atoms with Gasteiger partial charge in [-0.1, -0.05) is 25.5 Å². The normalized spacial score (nSPS) is 13.1. The molecule has 0 aliphatic rings. The highest BCUT2D eigenvalue weighted by molar-refractivity contribution is 14.1. The highest BCUT2D eigenvalue weighted by Gasteiger charge is 2.07. The standard InChI is InChI=1S/C13H20IN/c1-4-5-11(2)15(3)10-12-6-8-13(14)9-7-12/h6-9,11H,4-5,10H2,1-3H3. The zero-order valence-electron chi connectivity index (χ0n) is 9.83. The van der Waals surface area contributed by atoms with Crippen molar-refractivity contribution in [3.63, 3.8) is 0 Å². The van der Waals surface area contributed by atoms with Crippen LogP contribution in [0.15, 0.2) is 24.3 Å². The van der Waals surface area contributed by atoms with Crippen LogP contribution in [0.3, 0.4) is 0 Å². The fourth-order valence-electron chi connectivity index (χ4n) is 1.67. The number of hydrogen-bond acceptors (Lipinski definition) is 1. The van der Waals surface area contributed by atoms with Gasteiger partial charge < -0.3 is 0 Å². The van der Waals surface area contributed by atoms with Crippen molar-refractivity contribution < 1.29 is 0 Å². The Morgan fingerprint density at radius 3 is 2.40 bits per heavy atom. The molecule has 0 heterocycles. The van der Waals surface area contributed by atoms with E-state index in [2.05, 4.69) is 72.7 Å². The molecule has 1 rings (SSSR count). The smallest absolute Gasteiger partial charge is 0.0233 e. The minimum Gasteiger partial charge on any atom is -0.299 e. The lowest BCUT2D eigenvalue weighted by Crippen LogP contribution is -2.28. The summed E-state index contributed by atoms with van der Waals surface area (Å²) in [7, 11) is 2.21. The molecule has 84 valence electrons. The van der Waals surface area contributed by atoms with Gasteiger partial charge in [-0.15, -0.1) is 0 Å². The van der Waals surface area contributed by atoms with E-state index in [1.54, 1.807) is 0 Å². The summed E-state index contributed by atoms with van der Waals surface area (Å²) in [6, 6.07) is 9.46. The molecule has 0 aliphatic heterocycles. The average Bonchev–Trinajstić information content (AvgIpc) is 2.22. The van der Waals surface area contributed by atoms with Crippen LogP contribution in [0.4, 0.5) is 0 Å². The third-order valence-electron chi connectivity index (χ3n) is 2.80. The molecular formula is C13H20IN. The Kier molecular flexibility index (Phi) is 5.61. The Morgan fingerprint density at radius 1 is 1.27 bits per heavy atom. The molecule has 0 saturated carbocycles. The van der Waals surface area contributed by atoms with E-state index >= 15 is 0 Å². The van der Waals surface area contributed by atoms with Gasteiger partial charge >= 0.3 is 0 Å². The maximum atomic E-state index is 2.42. The molecule has 0 aromatic heterocycles. The molecule has 1 aromatic rings. The van der Waals surface area contributed by atoms with Gasteiger partial charge in [0, 0.05) is 16.2 Å². The van der Waals surface area contributed by atoms with Crippen LogP contribution in [-0.4, -0.2) is 18.0 Å². The maximum Gasteiger partial charge on any atom is 0.0233 e. The SMILES string of the molecule is CCCC(C)N(C)Cc1ccc(I)cc1. The van der Waals surface area contributed by atoms with Gasteiger partial charge in [-0.2, -0.15) is 0 Å². The Morgan fingerprint density at radius 2 is 1.87 bits per heavy atom. The number of benzene rings is 1. The number of hydrogen-bond donors (Lipinski definition) is 0. The van der Waals surface area contributed by atoms with Crippen molar-refractivity contribution in [3.8, 4) is 0 Å². The van der Waals surface area contributed by atoms with Crippen LogP contribution >= 0.6 is 22.6 Å². The predicted molar refractivity (Wildman–Crippen MR) is 75.0 cm³/mol. The first-order valence-electron chi connectivity index (χ1n) is 5.58. The van der Waals surface area contributed by atoms with Gasteiger partial charge in [0.1, 0.15) is 0 Å². The molecule has 15 heavy (non-hydrogen) atoms. The van der Waals surface area contributed by atoms with E-state index in [1.165, 1.54) is 22.0 Å². The van der Waals surface area contributed by atoms with E-state index in [9.17, 15) is 0 Å². The molecule has 0 spiro atoms. The Labute approximate surface area is 107 Å². The minimum atomic E-state index is 0.675. The highest BCUT2D eigenvalue weighted by atomic mass is 127. The summed E-state index contributed by atoms with van der Waals surface area (Å²) in [4.78, 5) is 2.42. The van der Waals surface area contributed by atoms with Gasteiger partial charge in [-0.25, -0.2) is 0 Å².